The quantitative estimate of drug-likeness (QED) is 0.320. The molecule has 0 aliphatic rings. The first-order valence-electron chi connectivity index (χ1n) is 7.15. The molecule has 4 N–H and O–H groups in total. The minimum absolute atomic E-state index is 0.0520. The average molecular weight is 341 g/mol. The van der Waals surface area contributed by atoms with Crippen LogP contribution in [0.3, 0.4) is 0 Å². The molecule has 0 aliphatic carbocycles. The molecule has 23 heavy (non-hydrogen) atoms. The zero-order valence-corrected chi connectivity index (χ0v) is 13.9. The molecule has 0 aromatic heterocycles. The number of amides is 2. The lowest BCUT2D eigenvalue weighted by Gasteiger charge is -2.10. The molecule has 2 amide bonds. The van der Waals surface area contributed by atoms with Crippen LogP contribution < -0.4 is 16.6 Å². The van der Waals surface area contributed by atoms with Crippen molar-refractivity contribution < 1.29 is 14.3 Å². The summed E-state index contributed by atoms with van der Waals surface area (Å²) in [6.45, 7) is 4.33. The highest BCUT2D eigenvalue weighted by atomic mass is 35.5. The van der Waals surface area contributed by atoms with Crippen molar-refractivity contribution in [3.8, 4) is 0 Å². The standard InChI is InChI=1S/C15H21ClN4O3/c1-10(2)7-8-23-15(22)20-19-14(21)11-5-3-4-6-12(11)18-13(17)9-16/h3-6,10H,7-9H2,1-2H3,(H2,17,18)(H,19,21)(H,20,22). The maximum atomic E-state index is 12.1. The van der Waals surface area contributed by atoms with Gasteiger partial charge in [-0.15, -0.1) is 11.6 Å². The lowest BCUT2D eigenvalue weighted by Crippen LogP contribution is -2.42. The van der Waals surface area contributed by atoms with E-state index in [1.54, 1.807) is 24.3 Å². The van der Waals surface area contributed by atoms with E-state index < -0.39 is 12.0 Å². The molecule has 126 valence electrons. The molecule has 0 fully saturated rings. The summed E-state index contributed by atoms with van der Waals surface area (Å²) in [5, 5.41) is 0. The van der Waals surface area contributed by atoms with Crippen LogP contribution in [0.2, 0.25) is 0 Å². The summed E-state index contributed by atoms with van der Waals surface area (Å²) in [5.41, 5.74) is 10.6. The molecule has 0 radical (unpaired) electrons. The van der Waals surface area contributed by atoms with Crippen molar-refractivity contribution >= 4 is 35.1 Å². The van der Waals surface area contributed by atoms with Crippen molar-refractivity contribution in [2.24, 2.45) is 16.6 Å². The summed E-state index contributed by atoms with van der Waals surface area (Å²) in [7, 11) is 0. The third kappa shape index (κ3) is 7.01. The summed E-state index contributed by atoms with van der Waals surface area (Å²) in [5.74, 6) is 0.131. The Hall–Kier alpha value is -2.28. The van der Waals surface area contributed by atoms with E-state index in [0.717, 1.165) is 6.42 Å². The van der Waals surface area contributed by atoms with E-state index in [9.17, 15) is 9.59 Å². The Morgan fingerprint density at radius 1 is 1.30 bits per heavy atom. The first kappa shape index (κ1) is 18.8. The van der Waals surface area contributed by atoms with Crippen LogP contribution in [-0.4, -0.2) is 30.3 Å². The molecule has 0 unspecified atom stereocenters. The Morgan fingerprint density at radius 3 is 2.65 bits per heavy atom. The normalized spacial score (nSPS) is 11.2. The first-order valence-corrected chi connectivity index (χ1v) is 7.68. The van der Waals surface area contributed by atoms with Gasteiger partial charge in [0.15, 0.2) is 0 Å². The van der Waals surface area contributed by atoms with Crippen LogP contribution in [0.1, 0.15) is 30.6 Å². The van der Waals surface area contributed by atoms with Crippen molar-refractivity contribution in [3.05, 3.63) is 29.8 Å². The number of amidine groups is 1. The third-order valence-corrected chi connectivity index (χ3v) is 3.03. The highest BCUT2D eigenvalue weighted by Gasteiger charge is 2.12. The minimum Gasteiger partial charge on any atom is -0.448 e. The number of benzene rings is 1. The third-order valence-electron chi connectivity index (χ3n) is 2.76. The molecule has 0 spiro atoms. The molecule has 1 aromatic rings. The molecular formula is C15H21ClN4O3. The number of carbonyl (C=O) groups is 2. The Bertz CT molecular complexity index is 576. The van der Waals surface area contributed by atoms with Crippen LogP contribution in [0.15, 0.2) is 29.3 Å². The van der Waals surface area contributed by atoms with E-state index in [4.69, 9.17) is 22.1 Å². The number of nitrogens with one attached hydrogen (secondary N) is 2. The van der Waals surface area contributed by atoms with Gasteiger partial charge in [-0.25, -0.2) is 15.2 Å². The van der Waals surface area contributed by atoms with Crippen molar-refractivity contribution in [1.29, 1.82) is 0 Å². The topological polar surface area (TPSA) is 106 Å². The van der Waals surface area contributed by atoms with Crippen LogP contribution in [-0.2, 0) is 4.74 Å². The van der Waals surface area contributed by atoms with Crippen LogP contribution in [0.4, 0.5) is 10.5 Å². The second-order valence-electron chi connectivity index (χ2n) is 5.15. The van der Waals surface area contributed by atoms with E-state index in [0.29, 0.717) is 11.6 Å². The summed E-state index contributed by atoms with van der Waals surface area (Å²) in [6, 6.07) is 6.56. The summed E-state index contributed by atoms with van der Waals surface area (Å²) < 4.78 is 4.92. The maximum Gasteiger partial charge on any atom is 0.426 e. The van der Waals surface area contributed by atoms with Gasteiger partial charge < -0.3 is 10.5 Å². The number of nitrogens with zero attached hydrogens (tertiary/aromatic N) is 1. The van der Waals surface area contributed by atoms with E-state index in [2.05, 4.69) is 15.8 Å². The molecule has 1 aromatic carbocycles. The van der Waals surface area contributed by atoms with Gasteiger partial charge in [0.25, 0.3) is 5.91 Å². The number of hydrazine groups is 1. The molecule has 0 bridgehead atoms. The Balaban J connectivity index is 2.60. The van der Waals surface area contributed by atoms with Gasteiger partial charge in [-0.1, -0.05) is 26.0 Å². The fourth-order valence-electron chi connectivity index (χ4n) is 1.55. The number of carbonyl (C=O) groups excluding carboxylic acids is 2. The number of hydrogen-bond acceptors (Lipinski definition) is 4. The number of aliphatic imine (C=N–C) groups is 1. The number of halogens is 1. The van der Waals surface area contributed by atoms with Crippen molar-refractivity contribution in [2.45, 2.75) is 20.3 Å². The van der Waals surface area contributed by atoms with Gasteiger partial charge in [-0.3, -0.25) is 10.2 Å². The van der Waals surface area contributed by atoms with Gasteiger partial charge in [-0.2, -0.15) is 0 Å². The molecule has 0 saturated heterocycles. The minimum atomic E-state index is -0.722. The fraction of sp³-hybridized carbons (Fsp3) is 0.400. The second-order valence-corrected chi connectivity index (χ2v) is 5.42. The number of rotatable bonds is 6. The van der Waals surface area contributed by atoms with Crippen LogP contribution in [0, 0.1) is 5.92 Å². The van der Waals surface area contributed by atoms with Crippen molar-refractivity contribution in [3.63, 3.8) is 0 Å². The molecule has 0 heterocycles. The average Bonchev–Trinajstić information content (AvgIpc) is 2.52. The van der Waals surface area contributed by atoms with Crippen molar-refractivity contribution in [1.82, 2.24) is 10.9 Å². The lowest BCUT2D eigenvalue weighted by atomic mass is 10.1. The molecule has 0 saturated carbocycles. The first-order chi connectivity index (χ1) is 10.9. The van der Waals surface area contributed by atoms with Crippen LogP contribution >= 0.6 is 11.6 Å². The van der Waals surface area contributed by atoms with Gasteiger partial charge in [0.1, 0.15) is 5.84 Å². The van der Waals surface area contributed by atoms with E-state index in [1.165, 1.54) is 0 Å². The molecule has 7 nitrogen and oxygen atoms in total. The molecular weight excluding hydrogens is 320 g/mol. The molecule has 1 rings (SSSR count). The van der Waals surface area contributed by atoms with Gasteiger partial charge in [0, 0.05) is 0 Å². The zero-order chi connectivity index (χ0) is 17.2. The van der Waals surface area contributed by atoms with E-state index in [1.807, 2.05) is 13.8 Å². The number of para-hydroxylation sites is 1. The highest BCUT2D eigenvalue weighted by molar-refractivity contribution is 6.28. The summed E-state index contributed by atoms with van der Waals surface area (Å²) in [4.78, 5) is 27.6. The van der Waals surface area contributed by atoms with Crippen LogP contribution in [0.25, 0.3) is 0 Å². The van der Waals surface area contributed by atoms with Gasteiger partial charge in [0.2, 0.25) is 0 Å². The van der Waals surface area contributed by atoms with Crippen LogP contribution in [0.5, 0.6) is 0 Å². The van der Waals surface area contributed by atoms with Gasteiger partial charge in [0.05, 0.1) is 23.7 Å². The number of ether oxygens (including phenoxy) is 1. The maximum absolute atomic E-state index is 12.1. The summed E-state index contributed by atoms with van der Waals surface area (Å²) in [6.07, 6.45) is 0.0247. The SMILES string of the molecule is CC(C)CCOC(=O)NNC(=O)c1ccccc1N=C(N)CCl. The molecule has 0 aliphatic heterocycles. The molecule has 8 heteroatoms. The number of nitrogens with two attached hydrogens (primary N) is 1. The predicted octanol–water partition coefficient (Wildman–Crippen LogP) is 2.33. The van der Waals surface area contributed by atoms with Gasteiger partial charge in [-0.05, 0) is 24.5 Å². The van der Waals surface area contributed by atoms with E-state index >= 15 is 0 Å². The Labute approximate surface area is 140 Å². The Morgan fingerprint density at radius 2 is 2.00 bits per heavy atom. The fourth-order valence-corrected chi connectivity index (χ4v) is 1.61. The van der Waals surface area contributed by atoms with E-state index in [-0.39, 0.29) is 23.9 Å². The summed E-state index contributed by atoms with van der Waals surface area (Å²) >= 11 is 5.58. The van der Waals surface area contributed by atoms with Gasteiger partial charge >= 0.3 is 6.09 Å². The predicted molar refractivity (Wildman–Crippen MR) is 89.8 cm³/mol. The largest absolute Gasteiger partial charge is 0.448 e. The lowest BCUT2D eigenvalue weighted by molar-refractivity contribution is 0.0907. The van der Waals surface area contributed by atoms with Crippen molar-refractivity contribution in [2.75, 3.05) is 12.5 Å². The number of alkyl halides is 1. The molecule has 0 atom stereocenters. The smallest absolute Gasteiger partial charge is 0.426 e. The zero-order valence-electron chi connectivity index (χ0n) is 13.1. The number of hydrogen-bond donors (Lipinski definition) is 3. The monoisotopic (exact) mass is 340 g/mol. The highest BCUT2D eigenvalue weighted by Crippen LogP contribution is 2.18. The Kier molecular flexibility index (Phi) is 7.90. The second kappa shape index (κ2) is 9.68.